The maximum Gasteiger partial charge on any atom is 0.153 e. The van der Waals surface area contributed by atoms with Crippen molar-refractivity contribution < 1.29 is 8.78 Å². The normalized spacial score (nSPS) is 11.1. The fraction of sp³-hybridized carbons (Fsp3) is 0.133. The number of H-pyrrole nitrogens is 1. The molecule has 5 heteroatoms. The molecule has 0 unspecified atom stereocenters. The molecule has 0 aliphatic carbocycles. The number of anilines is 1. The molecule has 0 spiro atoms. The average molecular weight is 273 g/mol. The summed E-state index contributed by atoms with van der Waals surface area (Å²) in [5.74, 6) is -0.646. The summed E-state index contributed by atoms with van der Waals surface area (Å²) < 4.78 is 26.7. The van der Waals surface area contributed by atoms with Crippen LogP contribution >= 0.6 is 0 Å². The van der Waals surface area contributed by atoms with Gasteiger partial charge in [0.2, 0.25) is 0 Å². The number of para-hydroxylation sites is 1. The molecule has 3 aromatic rings. The number of nitrogen functional groups attached to an aromatic ring is 1. The Bertz CT molecular complexity index is 765. The molecule has 0 amide bonds. The third kappa shape index (κ3) is 2.34. The second-order valence-electron chi connectivity index (χ2n) is 4.67. The van der Waals surface area contributed by atoms with E-state index in [9.17, 15) is 8.78 Å². The lowest BCUT2D eigenvalue weighted by molar-refractivity contribution is 0.590. The molecule has 3 N–H and O–H groups in total. The standard InChI is InChI=1S/C15H13F2N3/c16-10-7-11(17)15-13(8-10)19-14(20-15)6-5-9-3-1-2-4-12(9)18/h1-4,7-8H,5-6,18H2,(H,19,20). The zero-order chi connectivity index (χ0) is 14.1. The second-order valence-corrected chi connectivity index (χ2v) is 4.67. The summed E-state index contributed by atoms with van der Waals surface area (Å²) in [7, 11) is 0. The van der Waals surface area contributed by atoms with Crippen LogP contribution in [0.2, 0.25) is 0 Å². The molecule has 0 bridgehead atoms. The van der Waals surface area contributed by atoms with Crippen molar-refractivity contribution in [3.05, 3.63) is 59.4 Å². The minimum atomic E-state index is -0.651. The molecule has 2 aromatic carbocycles. The van der Waals surface area contributed by atoms with Crippen LogP contribution in [0.4, 0.5) is 14.5 Å². The van der Waals surface area contributed by atoms with Crippen molar-refractivity contribution >= 4 is 16.7 Å². The number of benzene rings is 2. The quantitative estimate of drug-likeness (QED) is 0.720. The third-order valence-electron chi connectivity index (χ3n) is 3.24. The van der Waals surface area contributed by atoms with Gasteiger partial charge in [-0.3, -0.25) is 0 Å². The largest absolute Gasteiger partial charge is 0.399 e. The number of halogens is 2. The number of nitrogens with zero attached hydrogens (tertiary/aromatic N) is 1. The SMILES string of the molecule is Nc1ccccc1CCc1nc2c(F)cc(F)cc2[nH]1. The van der Waals surface area contributed by atoms with Gasteiger partial charge in [-0.2, -0.15) is 0 Å². The summed E-state index contributed by atoms with van der Waals surface area (Å²) in [5, 5.41) is 0. The molecule has 1 aromatic heterocycles. The van der Waals surface area contributed by atoms with Crippen molar-refractivity contribution in [1.82, 2.24) is 9.97 Å². The van der Waals surface area contributed by atoms with E-state index in [1.54, 1.807) is 0 Å². The van der Waals surface area contributed by atoms with Crippen molar-refractivity contribution in [2.75, 3.05) is 5.73 Å². The molecule has 0 atom stereocenters. The monoisotopic (exact) mass is 273 g/mol. The molecule has 1 heterocycles. The van der Waals surface area contributed by atoms with Crippen molar-refractivity contribution in [2.24, 2.45) is 0 Å². The van der Waals surface area contributed by atoms with Crippen LogP contribution in [-0.4, -0.2) is 9.97 Å². The number of hydrogen-bond acceptors (Lipinski definition) is 2. The fourth-order valence-corrected chi connectivity index (χ4v) is 2.23. The maximum absolute atomic E-state index is 13.5. The lowest BCUT2D eigenvalue weighted by Gasteiger charge is -2.03. The molecule has 0 fully saturated rings. The Balaban J connectivity index is 1.85. The number of aromatic amines is 1. The van der Waals surface area contributed by atoms with Crippen molar-refractivity contribution in [3.8, 4) is 0 Å². The Morgan fingerprint density at radius 1 is 1.10 bits per heavy atom. The van der Waals surface area contributed by atoms with E-state index >= 15 is 0 Å². The number of aromatic nitrogens is 2. The van der Waals surface area contributed by atoms with E-state index in [1.165, 1.54) is 6.07 Å². The van der Waals surface area contributed by atoms with Gasteiger partial charge >= 0.3 is 0 Å². The van der Waals surface area contributed by atoms with Crippen LogP contribution in [0.5, 0.6) is 0 Å². The van der Waals surface area contributed by atoms with Gasteiger partial charge in [-0.25, -0.2) is 13.8 Å². The van der Waals surface area contributed by atoms with Gasteiger partial charge in [0.15, 0.2) is 5.82 Å². The summed E-state index contributed by atoms with van der Waals surface area (Å²) in [4.78, 5) is 7.10. The smallest absolute Gasteiger partial charge is 0.153 e. The minimum absolute atomic E-state index is 0.169. The first-order valence-corrected chi connectivity index (χ1v) is 6.30. The van der Waals surface area contributed by atoms with E-state index in [2.05, 4.69) is 9.97 Å². The van der Waals surface area contributed by atoms with Crippen LogP contribution in [-0.2, 0) is 12.8 Å². The highest BCUT2D eigenvalue weighted by molar-refractivity contribution is 5.75. The Kier molecular flexibility index (Phi) is 3.10. The molecule has 0 radical (unpaired) electrons. The van der Waals surface area contributed by atoms with E-state index in [4.69, 9.17) is 5.73 Å². The lowest BCUT2D eigenvalue weighted by atomic mass is 10.1. The number of imidazole rings is 1. The highest BCUT2D eigenvalue weighted by Gasteiger charge is 2.10. The van der Waals surface area contributed by atoms with E-state index in [0.717, 1.165) is 17.3 Å². The second kappa shape index (κ2) is 4.92. The predicted molar refractivity (Wildman–Crippen MR) is 74.3 cm³/mol. The Labute approximate surface area is 114 Å². The summed E-state index contributed by atoms with van der Waals surface area (Å²) in [6.45, 7) is 0. The van der Waals surface area contributed by atoms with Gasteiger partial charge in [0.25, 0.3) is 0 Å². The van der Waals surface area contributed by atoms with Crippen LogP contribution in [0, 0.1) is 11.6 Å². The van der Waals surface area contributed by atoms with Gasteiger partial charge in [0, 0.05) is 18.2 Å². The first-order valence-electron chi connectivity index (χ1n) is 6.30. The number of nitrogens with one attached hydrogen (secondary N) is 1. The maximum atomic E-state index is 13.5. The van der Waals surface area contributed by atoms with E-state index in [0.29, 0.717) is 24.2 Å². The molecular weight excluding hydrogens is 260 g/mol. The highest BCUT2D eigenvalue weighted by Crippen LogP contribution is 2.19. The van der Waals surface area contributed by atoms with Crippen LogP contribution in [0.25, 0.3) is 11.0 Å². The van der Waals surface area contributed by atoms with Crippen LogP contribution < -0.4 is 5.73 Å². The first kappa shape index (κ1) is 12.6. The number of hydrogen-bond donors (Lipinski definition) is 2. The minimum Gasteiger partial charge on any atom is -0.399 e. The fourth-order valence-electron chi connectivity index (χ4n) is 2.23. The van der Waals surface area contributed by atoms with Gasteiger partial charge in [-0.15, -0.1) is 0 Å². The van der Waals surface area contributed by atoms with Gasteiger partial charge in [0.05, 0.1) is 5.52 Å². The Hall–Kier alpha value is -2.43. The highest BCUT2D eigenvalue weighted by atomic mass is 19.1. The van der Waals surface area contributed by atoms with Gasteiger partial charge in [-0.1, -0.05) is 18.2 Å². The van der Waals surface area contributed by atoms with Crippen molar-refractivity contribution in [3.63, 3.8) is 0 Å². The summed E-state index contributed by atoms with van der Waals surface area (Å²) in [6.07, 6.45) is 1.28. The van der Waals surface area contributed by atoms with E-state index < -0.39 is 11.6 Å². The molecule has 102 valence electrons. The molecular formula is C15H13F2N3. The average Bonchev–Trinajstić information content (AvgIpc) is 2.81. The zero-order valence-electron chi connectivity index (χ0n) is 10.7. The topological polar surface area (TPSA) is 54.7 Å². The summed E-state index contributed by atoms with van der Waals surface area (Å²) >= 11 is 0. The summed E-state index contributed by atoms with van der Waals surface area (Å²) in [5.41, 5.74) is 8.14. The summed E-state index contributed by atoms with van der Waals surface area (Å²) in [6, 6.07) is 9.65. The Morgan fingerprint density at radius 3 is 2.70 bits per heavy atom. The van der Waals surface area contributed by atoms with E-state index in [-0.39, 0.29) is 5.52 Å². The van der Waals surface area contributed by atoms with Crippen molar-refractivity contribution in [1.29, 1.82) is 0 Å². The number of fused-ring (bicyclic) bond motifs is 1. The van der Waals surface area contributed by atoms with Crippen LogP contribution in [0.3, 0.4) is 0 Å². The van der Waals surface area contributed by atoms with Crippen LogP contribution in [0.1, 0.15) is 11.4 Å². The Morgan fingerprint density at radius 2 is 1.90 bits per heavy atom. The molecule has 0 aliphatic rings. The molecule has 3 rings (SSSR count). The van der Waals surface area contributed by atoms with Gasteiger partial charge in [-0.05, 0) is 24.1 Å². The van der Waals surface area contributed by atoms with E-state index in [1.807, 2.05) is 24.3 Å². The van der Waals surface area contributed by atoms with Gasteiger partial charge in [0.1, 0.15) is 17.2 Å². The van der Waals surface area contributed by atoms with Crippen molar-refractivity contribution in [2.45, 2.75) is 12.8 Å². The predicted octanol–water partition coefficient (Wildman–Crippen LogP) is 3.21. The molecule has 3 nitrogen and oxygen atoms in total. The third-order valence-corrected chi connectivity index (χ3v) is 3.24. The molecule has 20 heavy (non-hydrogen) atoms. The molecule has 0 saturated heterocycles. The number of rotatable bonds is 3. The zero-order valence-corrected chi connectivity index (χ0v) is 10.7. The molecule has 0 saturated carbocycles. The van der Waals surface area contributed by atoms with Gasteiger partial charge < -0.3 is 10.7 Å². The molecule has 0 aliphatic heterocycles. The van der Waals surface area contributed by atoms with Crippen LogP contribution in [0.15, 0.2) is 36.4 Å². The lowest BCUT2D eigenvalue weighted by Crippen LogP contribution is -1.97. The number of aryl methyl sites for hydroxylation is 2. The number of nitrogens with two attached hydrogens (primary N) is 1. The first-order chi connectivity index (χ1) is 9.63.